The van der Waals surface area contributed by atoms with Crippen molar-refractivity contribution in [3.05, 3.63) is 35.9 Å². The maximum atomic E-state index is 4.50. The van der Waals surface area contributed by atoms with Crippen LogP contribution in [-0.2, 0) is 6.42 Å². The molecule has 2 N–H and O–H groups in total. The zero-order chi connectivity index (χ0) is 14.9. The van der Waals surface area contributed by atoms with Gasteiger partial charge in [-0.2, -0.15) is 0 Å². The molecule has 0 amide bonds. The summed E-state index contributed by atoms with van der Waals surface area (Å²) in [6.45, 7) is 2.28. The molecule has 0 unspecified atom stereocenters. The van der Waals surface area contributed by atoms with Crippen LogP contribution in [0.4, 0.5) is 0 Å². The van der Waals surface area contributed by atoms with Crippen LogP contribution in [0.25, 0.3) is 0 Å². The molecule has 0 aromatic heterocycles. The van der Waals surface area contributed by atoms with E-state index in [1.165, 1.54) is 83.2 Å². The van der Waals surface area contributed by atoms with Gasteiger partial charge in [-0.05, 0) is 25.5 Å². The number of nitrogens with two attached hydrogens (primary N) is 1. The van der Waals surface area contributed by atoms with Crippen molar-refractivity contribution in [2.24, 2.45) is 5.73 Å². The number of benzene rings is 1. The third-order valence-corrected chi connectivity index (χ3v) is 3.66. The van der Waals surface area contributed by atoms with Crippen LogP contribution in [0.15, 0.2) is 30.3 Å². The van der Waals surface area contributed by atoms with Crippen molar-refractivity contribution >= 4 is 0 Å². The van der Waals surface area contributed by atoms with E-state index in [1.807, 2.05) is 0 Å². The van der Waals surface area contributed by atoms with Gasteiger partial charge in [0.05, 0.1) is 0 Å². The largest absolute Gasteiger partial charge is 0.333 e. The van der Waals surface area contributed by atoms with Gasteiger partial charge in [-0.25, -0.2) is 0 Å². The summed E-state index contributed by atoms with van der Waals surface area (Å²) in [5.41, 5.74) is 6.00. The van der Waals surface area contributed by atoms with E-state index in [0.717, 1.165) is 0 Å². The average Bonchev–Trinajstić information content (AvgIpc) is 2.52. The summed E-state index contributed by atoms with van der Waals surface area (Å²) in [7, 11) is 1.50. The number of hydrogen-bond donors (Lipinski definition) is 1. The molecule has 0 spiro atoms. The Morgan fingerprint density at radius 3 is 1.60 bits per heavy atom. The van der Waals surface area contributed by atoms with Crippen LogP contribution in [0.5, 0.6) is 0 Å². The van der Waals surface area contributed by atoms with Gasteiger partial charge >= 0.3 is 0 Å². The van der Waals surface area contributed by atoms with Gasteiger partial charge in [-0.3, -0.25) is 0 Å². The molecule has 0 atom stereocenters. The second kappa shape index (κ2) is 16.2. The smallest absolute Gasteiger partial charge is 0.0195 e. The topological polar surface area (TPSA) is 26.0 Å². The lowest BCUT2D eigenvalue weighted by Crippen LogP contribution is -1.86. The fourth-order valence-corrected chi connectivity index (χ4v) is 2.46. The minimum absolute atomic E-state index is 1.26. The summed E-state index contributed by atoms with van der Waals surface area (Å²) in [6, 6.07) is 10.9. The summed E-state index contributed by atoms with van der Waals surface area (Å²) < 4.78 is 0. The van der Waals surface area contributed by atoms with Crippen molar-refractivity contribution in [3.8, 4) is 0 Å². The molecule has 0 radical (unpaired) electrons. The lowest BCUT2D eigenvalue weighted by molar-refractivity contribution is 0.556. The van der Waals surface area contributed by atoms with Gasteiger partial charge < -0.3 is 5.73 Å². The monoisotopic (exact) mass is 277 g/mol. The van der Waals surface area contributed by atoms with Crippen LogP contribution >= 0.6 is 0 Å². The van der Waals surface area contributed by atoms with E-state index in [0.29, 0.717) is 0 Å². The summed E-state index contributed by atoms with van der Waals surface area (Å²) in [5, 5.41) is 0. The molecule has 1 aromatic carbocycles. The molecular formula is C19H35N. The predicted molar refractivity (Wildman–Crippen MR) is 92.1 cm³/mol. The van der Waals surface area contributed by atoms with E-state index in [4.69, 9.17) is 0 Å². The van der Waals surface area contributed by atoms with Crippen LogP contribution in [0, 0.1) is 0 Å². The fraction of sp³-hybridized carbons (Fsp3) is 0.684. The van der Waals surface area contributed by atoms with Crippen molar-refractivity contribution in [1.82, 2.24) is 0 Å². The molecule has 1 nitrogen and oxygen atoms in total. The van der Waals surface area contributed by atoms with Crippen molar-refractivity contribution in [3.63, 3.8) is 0 Å². The van der Waals surface area contributed by atoms with Crippen molar-refractivity contribution in [1.29, 1.82) is 0 Å². The van der Waals surface area contributed by atoms with Crippen molar-refractivity contribution in [2.75, 3.05) is 7.05 Å². The Bertz CT molecular complexity index is 268. The Kier molecular flexibility index (Phi) is 15.6. The highest BCUT2D eigenvalue weighted by atomic mass is 14.4. The van der Waals surface area contributed by atoms with E-state index < -0.39 is 0 Å². The maximum absolute atomic E-state index is 4.50. The molecular weight excluding hydrogens is 242 g/mol. The molecule has 0 saturated carbocycles. The van der Waals surface area contributed by atoms with Gasteiger partial charge in [0.2, 0.25) is 0 Å². The Morgan fingerprint density at radius 2 is 1.10 bits per heavy atom. The fourth-order valence-electron chi connectivity index (χ4n) is 2.46. The first kappa shape index (κ1) is 19.2. The molecule has 1 aromatic rings. The number of aryl methyl sites for hydroxylation is 1. The second-order valence-corrected chi connectivity index (χ2v) is 5.42. The molecule has 0 heterocycles. The zero-order valence-corrected chi connectivity index (χ0v) is 13.7. The van der Waals surface area contributed by atoms with Crippen LogP contribution in [-0.4, -0.2) is 7.05 Å². The summed E-state index contributed by atoms with van der Waals surface area (Å²) in [5.74, 6) is 0. The third kappa shape index (κ3) is 12.2. The van der Waals surface area contributed by atoms with Gasteiger partial charge in [0.15, 0.2) is 0 Å². The Morgan fingerprint density at radius 1 is 0.650 bits per heavy atom. The maximum Gasteiger partial charge on any atom is -0.0195 e. The molecule has 1 rings (SSSR count). The minimum Gasteiger partial charge on any atom is -0.333 e. The van der Waals surface area contributed by atoms with E-state index in [9.17, 15) is 0 Å². The van der Waals surface area contributed by atoms with Gasteiger partial charge in [-0.1, -0.05) is 95.0 Å². The van der Waals surface area contributed by atoms with Crippen LogP contribution in [0.3, 0.4) is 0 Å². The van der Waals surface area contributed by atoms with Gasteiger partial charge in [0.25, 0.3) is 0 Å². The van der Waals surface area contributed by atoms with Crippen LogP contribution < -0.4 is 5.73 Å². The Labute approximate surface area is 127 Å². The Balaban J connectivity index is 0.00000172. The molecule has 0 fully saturated rings. The molecule has 0 aliphatic carbocycles. The second-order valence-electron chi connectivity index (χ2n) is 5.42. The van der Waals surface area contributed by atoms with Crippen LogP contribution in [0.1, 0.15) is 76.7 Å². The first-order valence-electron chi connectivity index (χ1n) is 8.55. The molecule has 20 heavy (non-hydrogen) atoms. The zero-order valence-electron chi connectivity index (χ0n) is 13.7. The quantitative estimate of drug-likeness (QED) is 0.514. The average molecular weight is 277 g/mol. The van der Waals surface area contributed by atoms with E-state index in [2.05, 4.69) is 43.0 Å². The van der Waals surface area contributed by atoms with E-state index in [-0.39, 0.29) is 0 Å². The minimum atomic E-state index is 1.26. The van der Waals surface area contributed by atoms with Gasteiger partial charge in [0.1, 0.15) is 0 Å². The van der Waals surface area contributed by atoms with Gasteiger partial charge in [-0.15, -0.1) is 0 Å². The molecule has 1 heteroatoms. The third-order valence-electron chi connectivity index (χ3n) is 3.66. The SMILES string of the molecule is CCCCCCCCCCCCc1ccccc1.CN. The lowest BCUT2D eigenvalue weighted by Gasteiger charge is -2.03. The highest BCUT2D eigenvalue weighted by molar-refractivity contribution is 5.14. The van der Waals surface area contributed by atoms with Crippen molar-refractivity contribution < 1.29 is 0 Å². The lowest BCUT2D eigenvalue weighted by atomic mass is 10.0. The molecule has 116 valence electrons. The number of rotatable bonds is 11. The Hall–Kier alpha value is -0.820. The van der Waals surface area contributed by atoms with E-state index >= 15 is 0 Å². The molecule has 0 aliphatic rings. The predicted octanol–water partition coefficient (Wildman–Crippen LogP) is 5.72. The highest BCUT2D eigenvalue weighted by Gasteiger charge is 1.94. The standard InChI is InChI=1S/C18H30.CH5N/c1-2-3-4-5-6-7-8-9-10-12-15-18-16-13-11-14-17-18;1-2/h11,13-14,16-17H,2-10,12,15H2,1H3;2H2,1H3. The summed E-state index contributed by atoms with van der Waals surface area (Å²) >= 11 is 0. The molecule has 0 bridgehead atoms. The van der Waals surface area contributed by atoms with Crippen molar-refractivity contribution in [2.45, 2.75) is 77.6 Å². The number of hydrogen-bond acceptors (Lipinski definition) is 1. The highest BCUT2D eigenvalue weighted by Crippen LogP contribution is 2.12. The van der Waals surface area contributed by atoms with Gasteiger partial charge in [0, 0.05) is 0 Å². The normalized spacial score (nSPS) is 9.95. The first-order chi connectivity index (χ1) is 9.93. The van der Waals surface area contributed by atoms with E-state index in [1.54, 1.807) is 0 Å². The summed E-state index contributed by atoms with van der Waals surface area (Å²) in [4.78, 5) is 0. The first-order valence-corrected chi connectivity index (χ1v) is 8.55. The summed E-state index contributed by atoms with van der Waals surface area (Å²) in [6.07, 6.45) is 15.5. The number of unbranched alkanes of at least 4 members (excludes halogenated alkanes) is 9. The van der Waals surface area contributed by atoms with Crippen LogP contribution in [0.2, 0.25) is 0 Å². The molecule has 0 aliphatic heterocycles. The molecule has 0 saturated heterocycles.